The van der Waals surface area contributed by atoms with Crippen molar-refractivity contribution in [3.63, 3.8) is 0 Å². The zero-order valence-electron chi connectivity index (χ0n) is 8.89. The van der Waals surface area contributed by atoms with Gasteiger partial charge in [0.1, 0.15) is 17.3 Å². The second-order valence-electron chi connectivity index (χ2n) is 2.95. The Morgan fingerprint density at radius 2 is 2.28 bits per heavy atom. The van der Waals surface area contributed by atoms with Crippen molar-refractivity contribution in [2.75, 3.05) is 7.11 Å². The highest BCUT2D eigenvalue weighted by Crippen LogP contribution is 2.27. The van der Waals surface area contributed by atoms with Crippen molar-refractivity contribution in [3.8, 4) is 6.07 Å². The maximum absolute atomic E-state index is 12.5. The van der Waals surface area contributed by atoms with E-state index in [-0.39, 0.29) is 0 Å². The molecule has 0 bridgehead atoms. The van der Waals surface area contributed by atoms with Gasteiger partial charge in [-0.2, -0.15) is 5.26 Å². The maximum atomic E-state index is 12.5. The van der Waals surface area contributed by atoms with Crippen LogP contribution in [-0.4, -0.2) is 23.0 Å². The number of aromatic nitrogens is 1. The maximum Gasteiger partial charge on any atom is 0.345 e. The lowest BCUT2D eigenvalue weighted by Gasteiger charge is -2.05. The van der Waals surface area contributed by atoms with Gasteiger partial charge in [0.15, 0.2) is 0 Å². The van der Waals surface area contributed by atoms with Crippen LogP contribution in [0.1, 0.15) is 28.2 Å². The number of methoxy groups -OCH3 is 1. The number of pyridine rings is 1. The third-order valence-corrected chi connectivity index (χ3v) is 1.93. The van der Waals surface area contributed by atoms with Crippen LogP contribution in [0.4, 0.5) is 14.5 Å². The molecule has 1 heterocycles. The minimum Gasteiger partial charge on any atom is -0.465 e. The second-order valence-corrected chi connectivity index (χ2v) is 2.95. The molecule has 0 atom stereocenters. The Morgan fingerprint density at radius 3 is 2.67 bits per heavy atom. The fraction of sp³-hybridized carbons (Fsp3) is 0.222. The Hall–Kier alpha value is -2.63. The minimum absolute atomic E-state index is 0.537. The smallest absolute Gasteiger partial charge is 0.345 e. The molecule has 0 radical (unpaired) electrons. The third kappa shape index (κ3) is 2.37. The number of ether oxygens (including phenoxy) is 1. The molecule has 7 nitrogen and oxygen atoms in total. The number of hydrogen-bond donors (Lipinski definition) is 0. The van der Waals surface area contributed by atoms with Crippen LogP contribution >= 0.6 is 0 Å². The number of esters is 1. The van der Waals surface area contributed by atoms with Gasteiger partial charge in [0.25, 0.3) is 6.43 Å². The number of nitrogens with zero attached hydrogens (tertiary/aromatic N) is 3. The number of rotatable bonds is 3. The van der Waals surface area contributed by atoms with Crippen molar-refractivity contribution >= 4 is 11.7 Å². The highest BCUT2D eigenvalue weighted by molar-refractivity contribution is 5.94. The number of carbonyl (C=O) groups excluding carboxylic acids is 1. The van der Waals surface area contributed by atoms with Gasteiger partial charge < -0.3 is 4.74 Å². The number of nitriles is 1. The lowest BCUT2D eigenvalue weighted by atomic mass is 10.1. The first-order chi connectivity index (χ1) is 8.42. The van der Waals surface area contributed by atoms with Crippen LogP contribution in [0.25, 0.3) is 0 Å². The molecule has 0 aliphatic heterocycles. The summed E-state index contributed by atoms with van der Waals surface area (Å²) in [5.74, 6) is -1.19. The molecule has 94 valence electrons. The summed E-state index contributed by atoms with van der Waals surface area (Å²) in [6, 6.07) is 1.83. The van der Waals surface area contributed by atoms with Crippen molar-refractivity contribution < 1.29 is 23.2 Å². The summed E-state index contributed by atoms with van der Waals surface area (Å²) in [4.78, 5) is 24.1. The van der Waals surface area contributed by atoms with Crippen molar-refractivity contribution in [2.45, 2.75) is 6.43 Å². The Morgan fingerprint density at radius 1 is 1.67 bits per heavy atom. The SMILES string of the molecule is COC(=O)c1cc(C(F)F)nc(C#N)c1[N+](=O)[O-]. The molecule has 0 saturated carbocycles. The average Bonchev–Trinajstić information content (AvgIpc) is 2.35. The summed E-state index contributed by atoms with van der Waals surface area (Å²) < 4.78 is 29.2. The summed E-state index contributed by atoms with van der Waals surface area (Å²) in [5.41, 5.74) is -3.45. The molecule has 0 saturated heterocycles. The molecule has 1 aromatic heterocycles. The summed E-state index contributed by atoms with van der Waals surface area (Å²) in [6.45, 7) is 0. The molecule has 0 aliphatic carbocycles. The molecule has 0 unspecified atom stereocenters. The normalized spacial score (nSPS) is 9.94. The van der Waals surface area contributed by atoms with E-state index in [4.69, 9.17) is 5.26 Å². The number of nitro groups is 1. The zero-order chi connectivity index (χ0) is 13.9. The summed E-state index contributed by atoms with van der Waals surface area (Å²) in [6.07, 6.45) is -3.07. The molecular weight excluding hydrogens is 252 g/mol. The molecule has 0 aromatic carbocycles. The van der Waals surface area contributed by atoms with Crippen molar-refractivity contribution in [2.24, 2.45) is 0 Å². The molecule has 0 spiro atoms. The molecule has 1 aromatic rings. The quantitative estimate of drug-likeness (QED) is 0.462. The van der Waals surface area contributed by atoms with Gasteiger partial charge in [-0.05, 0) is 6.07 Å². The van der Waals surface area contributed by atoms with E-state index in [1.807, 2.05) is 0 Å². The predicted octanol–water partition coefficient (Wildman–Crippen LogP) is 1.59. The number of hydrogen-bond acceptors (Lipinski definition) is 6. The number of alkyl halides is 2. The molecule has 0 aliphatic rings. The van der Waals surface area contributed by atoms with Gasteiger partial charge in [-0.25, -0.2) is 18.6 Å². The van der Waals surface area contributed by atoms with E-state index in [2.05, 4.69) is 9.72 Å². The Kier molecular flexibility index (Phi) is 3.83. The largest absolute Gasteiger partial charge is 0.465 e. The van der Waals surface area contributed by atoms with E-state index >= 15 is 0 Å². The van der Waals surface area contributed by atoms with Gasteiger partial charge in [-0.3, -0.25) is 10.1 Å². The first-order valence-corrected chi connectivity index (χ1v) is 4.38. The van der Waals surface area contributed by atoms with Gasteiger partial charge >= 0.3 is 11.7 Å². The second kappa shape index (κ2) is 5.13. The fourth-order valence-electron chi connectivity index (χ4n) is 1.20. The Bertz CT molecular complexity index is 553. The van der Waals surface area contributed by atoms with Crippen molar-refractivity contribution in [3.05, 3.63) is 33.1 Å². The molecule has 0 N–H and O–H groups in total. The van der Waals surface area contributed by atoms with E-state index in [1.165, 1.54) is 6.07 Å². The van der Waals surface area contributed by atoms with E-state index < -0.39 is 40.0 Å². The zero-order valence-corrected chi connectivity index (χ0v) is 8.89. The van der Waals surface area contributed by atoms with Crippen LogP contribution in [-0.2, 0) is 4.74 Å². The molecule has 0 amide bonds. The molecule has 18 heavy (non-hydrogen) atoms. The first-order valence-electron chi connectivity index (χ1n) is 4.38. The van der Waals surface area contributed by atoms with E-state index in [0.717, 1.165) is 7.11 Å². The van der Waals surface area contributed by atoms with Gasteiger partial charge in [0.2, 0.25) is 5.69 Å². The number of carbonyl (C=O) groups is 1. The predicted molar refractivity (Wildman–Crippen MR) is 51.9 cm³/mol. The van der Waals surface area contributed by atoms with Crippen LogP contribution < -0.4 is 0 Å². The van der Waals surface area contributed by atoms with E-state index in [9.17, 15) is 23.7 Å². The average molecular weight is 257 g/mol. The molecular formula is C9H5F2N3O4. The highest BCUT2D eigenvalue weighted by atomic mass is 19.3. The van der Waals surface area contributed by atoms with Crippen LogP contribution in [0.3, 0.4) is 0 Å². The minimum atomic E-state index is -3.07. The van der Waals surface area contributed by atoms with Gasteiger partial charge in [0.05, 0.1) is 12.0 Å². The summed E-state index contributed by atoms with van der Waals surface area (Å²) in [7, 11) is 0.931. The standard InChI is InChI=1S/C9H5F2N3O4/c1-18-9(15)4-2-5(8(10)11)13-6(3-12)7(4)14(16)17/h2,8H,1H3. The monoisotopic (exact) mass is 257 g/mol. The van der Waals surface area contributed by atoms with E-state index in [1.54, 1.807) is 0 Å². The summed E-state index contributed by atoms with van der Waals surface area (Å²) >= 11 is 0. The van der Waals surface area contributed by atoms with Crippen LogP contribution in [0.15, 0.2) is 6.07 Å². The van der Waals surface area contributed by atoms with Gasteiger partial charge in [-0.1, -0.05) is 0 Å². The first kappa shape index (κ1) is 13.4. The van der Waals surface area contributed by atoms with Gasteiger partial charge in [0, 0.05) is 0 Å². The topological polar surface area (TPSA) is 106 Å². The third-order valence-electron chi connectivity index (χ3n) is 1.93. The lowest BCUT2D eigenvalue weighted by Crippen LogP contribution is -2.10. The fourth-order valence-corrected chi connectivity index (χ4v) is 1.20. The van der Waals surface area contributed by atoms with Gasteiger partial charge in [-0.15, -0.1) is 0 Å². The molecule has 9 heteroatoms. The Balaban J connectivity index is 3.63. The summed E-state index contributed by atoms with van der Waals surface area (Å²) in [5, 5.41) is 19.4. The Labute approximate surface area is 98.8 Å². The molecule has 1 rings (SSSR count). The van der Waals surface area contributed by atoms with Crippen molar-refractivity contribution in [1.82, 2.24) is 4.98 Å². The molecule has 0 fully saturated rings. The highest BCUT2D eigenvalue weighted by Gasteiger charge is 2.29. The number of halogens is 2. The van der Waals surface area contributed by atoms with Crippen LogP contribution in [0, 0.1) is 21.4 Å². The van der Waals surface area contributed by atoms with Crippen LogP contribution in [0.5, 0.6) is 0 Å². The lowest BCUT2D eigenvalue weighted by molar-refractivity contribution is -0.385. The van der Waals surface area contributed by atoms with Crippen molar-refractivity contribution in [1.29, 1.82) is 5.26 Å². The van der Waals surface area contributed by atoms with E-state index in [0.29, 0.717) is 6.07 Å². The van der Waals surface area contributed by atoms with Crippen LogP contribution in [0.2, 0.25) is 0 Å².